The normalized spacial score (nSPS) is 23.5. The average molecular weight is 385 g/mol. The average Bonchev–Trinajstić information content (AvgIpc) is 3.34. The summed E-state index contributed by atoms with van der Waals surface area (Å²) >= 11 is 0. The van der Waals surface area contributed by atoms with Gasteiger partial charge in [0.2, 0.25) is 11.8 Å². The van der Waals surface area contributed by atoms with Crippen LogP contribution in [-0.4, -0.2) is 54.3 Å². The molecule has 1 unspecified atom stereocenters. The Labute approximate surface area is 162 Å². The van der Waals surface area contributed by atoms with Gasteiger partial charge in [-0.1, -0.05) is 6.07 Å². The fraction of sp³-hybridized carbons (Fsp3) is 0.474. The Morgan fingerprint density at radius 2 is 2.07 bits per heavy atom. The maximum absolute atomic E-state index is 12.8. The predicted molar refractivity (Wildman–Crippen MR) is 100 cm³/mol. The molecule has 0 saturated carbocycles. The molecule has 5 amide bonds. The molecule has 0 radical (unpaired) electrons. The van der Waals surface area contributed by atoms with Crippen molar-refractivity contribution in [2.45, 2.75) is 31.8 Å². The summed E-state index contributed by atoms with van der Waals surface area (Å²) < 4.78 is 0. The van der Waals surface area contributed by atoms with E-state index in [1.807, 2.05) is 6.07 Å². The largest absolute Gasteiger partial charge is 0.354 e. The highest BCUT2D eigenvalue weighted by Gasteiger charge is 2.30. The van der Waals surface area contributed by atoms with Crippen LogP contribution in [0.2, 0.25) is 0 Å². The summed E-state index contributed by atoms with van der Waals surface area (Å²) in [4.78, 5) is 49.4. The SMILES string of the molecule is O=C1CCC(C(=O)NC[C@@H]2CCN(C(=O)c3ccc4c(c3)NC(=O)NC4)C2)N1. The van der Waals surface area contributed by atoms with E-state index in [1.165, 1.54) is 0 Å². The van der Waals surface area contributed by atoms with Gasteiger partial charge in [0.1, 0.15) is 6.04 Å². The summed E-state index contributed by atoms with van der Waals surface area (Å²) in [5, 5.41) is 11.0. The third kappa shape index (κ3) is 3.78. The quantitative estimate of drug-likeness (QED) is 0.591. The van der Waals surface area contributed by atoms with Crippen LogP contribution in [-0.2, 0) is 16.1 Å². The summed E-state index contributed by atoms with van der Waals surface area (Å²) in [5.41, 5.74) is 2.15. The number of hydrogen-bond acceptors (Lipinski definition) is 4. The van der Waals surface area contributed by atoms with Crippen LogP contribution >= 0.6 is 0 Å². The maximum atomic E-state index is 12.8. The molecule has 3 heterocycles. The number of nitrogens with one attached hydrogen (secondary N) is 4. The highest BCUT2D eigenvalue weighted by atomic mass is 16.2. The molecular weight excluding hydrogens is 362 g/mol. The molecule has 0 aliphatic carbocycles. The maximum Gasteiger partial charge on any atom is 0.319 e. The van der Waals surface area contributed by atoms with E-state index in [0.29, 0.717) is 50.3 Å². The van der Waals surface area contributed by atoms with Crippen molar-refractivity contribution in [3.05, 3.63) is 29.3 Å². The number of fused-ring (bicyclic) bond motifs is 1. The first-order valence-electron chi connectivity index (χ1n) is 9.54. The molecular formula is C19H23N5O4. The van der Waals surface area contributed by atoms with E-state index in [1.54, 1.807) is 17.0 Å². The fourth-order valence-electron chi connectivity index (χ4n) is 3.87. The number of urea groups is 1. The number of benzene rings is 1. The van der Waals surface area contributed by atoms with Crippen molar-refractivity contribution in [1.82, 2.24) is 20.9 Å². The number of carbonyl (C=O) groups is 4. The van der Waals surface area contributed by atoms with Gasteiger partial charge in [-0.2, -0.15) is 0 Å². The lowest BCUT2D eigenvalue weighted by atomic mass is 10.1. The van der Waals surface area contributed by atoms with Gasteiger partial charge in [-0.25, -0.2) is 4.79 Å². The Balaban J connectivity index is 1.31. The van der Waals surface area contributed by atoms with Crippen LogP contribution in [0.1, 0.15) is 35.2 Å². The van der Waals surface area contributed by atoms with E-state index < -0.39 is 6.04 Å². The number of nitrogens with zero attached hydrogens (tertiary/aromatic N) is 1. The number of rotatable bonds is 4. The zero-order valence-electron chi connectivity index (χ0n) is 15.4. The molecule has 4 rings (SSSR count). The van der Waals surface area contributed by atoms with Crippen LogP contribution in [0, 0.1) is 5.92 Å². The summed E-state index contributed by atoms with van der Waals surface area (Å²) in [5.74, 6) is -0.136. The molecule has 28 heavy (non-hydrogen) atoms. The molecule has 2 atom stereocenters. The van der Waals surface area contributed by atoms with Gasteiger partial charge in [0.15, 0.2) is 0 Å². The summed E-state index contributed by atoms with van der Waals surface area (Å²) in [6, 6.07) is 4.63. The van der Waals surface area contributed by atoms with Crippen LogP contribution in [0.5, 0.6) is 0 Å². The van der Waals surface area contributed by atoms with Crippen molar-refractivity contribution in [3.8, 4) is 0 Å². The van der Waals surface area contributed by atoms with Crippen molar-refractivity contribution in [1.29, 1.82) is 0 Å². The smallest absolute Gasteiger partial charge is 0.319 e. The van der Waals surface area contributed by atoms with Gasteiger partial charge in [0.25, 0.3) is 5.91 Å². The van der Waals surface area contributed by atoms with E-state index in [9.17, 15) is 19.2 Å². The molecule has 1 aromatic carbocycles. The molecule has 148 valence electrons. The van der Waals surface area contributed by atoms with Crippen LogP contribution in [0.15, 0.2) is 18.2 Å². The standard InChI is InChI=1S/C19H23N5O4/c25-16-4-3-14(22-16)17(26)20-8-11-5-6-24(10-11)18(27)12-1-2-13-9-21-19(28)23-15(13)7-12/h1-2,7,11,14H,3-6,8-10H2,(H,20,26)(H,22,25)(H2,21,23,28)/t11-,14?/m0/s1. The molecule has 4 N–H and O–H groups in total. The van der Waals surface area contributed by atoms with Crippen LogP contribution in [0.25, 0.3) is 0 Å². The second kappa shape index (κ2) is 7.49. The third-order valence-electron chi connectivity index (χ3n) is 5.49. The monoisotopic (exact) mass is 385 g/mol. The van der Waals surface area contributed by atoms with Gasteiger partial charge in [0, 0.05) is 43.9 Å². The number of carbonyl (C=O) groups excluding carboxylic acids is 4. The van der Waals surface area contributed by atoms with Gasteiger partial charge in [-0.3, -0.25) is 14.4 Å². The van der Waals surface area contributed by atoms with Crippen LogP contribution in [0.3, 0.4) is 0 Å². The summed E-state index contributed by atoms with van der Waals surface area (Å²) in [6.45, 7) is 2.13. The number of anilines is 1. The first-order chi connectivity index (χ1) is 13.5. The molecule has 3 aliphatic rings. The van der Waals surface area contributed by atoms with E-state index in [2.05, 4.69) is 21.3 Å². The van der Waals surface area contributed by atoms with Crippen molar-refractivity contribution >= 4 is 29.4 Å². The van der Waals surface area contributed by atoms with Crippen molar-refractivity contribution in [3.63, 3.8) is 0 Å². The number of likely N-dealkylation sites (tertiary alicyclic amines) is 1. The van der Waals surface area contributed by atoms with Gasteiger partial charge < -0.3 is 26.2 Å². The molecule has 9 heteroatoms. The first kappa shape index (κ1) is 18.3. The van der Waals surface area contributed by atoms with E-state index >= 15 is 0 Å². The van der Waals surface area contributed by atoms with Crippen molar-refractivity contribution < 1.29 is 19.2 Å². The van der Waals surface area contributed by atoms with Crippen LogP contribution < -0.4 is 21.3 Å². The number of hydrogen-bond donors (Lipinski definition) is 4. The zero-order chi connectivity index (χ0) is 19.7. The highest BCUT2D eigenvalue weighted by Crippen LogP contribution is 2.24. The fourth-order valence-corrected chi connectivity index (χ4v) is 3.87. The second-order valence-corrected chi connectivity index (χ2v) is 7.49. The Hall–Kier alpha value is -3.10. The minimum Gasteiger partial charge on any atom is -0.354 e. The molecule has 0 aromatic heterocycles. The molecule has 9 nitrogen and oxygen atoms in total. The predicted octanol–water partition coefficient (Wildman–Crippen LogP) is 0.179. The first-order valence-corrected chi connectivity index (χ1v) is 9.54. The molecule has 0 bridgehead atoms. The van der Waals surface area contributed by atoms with Gasteiger partial charge in [0.05, 0.1) is 0 Å². The van der Waals surface area contributed by atoms with Crippen molar-refractivity contribution in [2.75, 3.05) is 25.0 Å². The second-order valence-electron chi connectivity index (χ2n) is 7.49. The molecule has 1 aromatic rings. The van der Waals surface area contributed by atoms with E-state index in [0.717, 1.165) is 12.0 Å². The van der Waals surface area contributed by atoms with Gasteiger partial charge in [-0.15, -0.1) is 0 Å². The Morgan fingerprint density at radius 1 is 1.21 bits per heavy atom. The van der Waals surface area contributed by atoms with Crippen LogP contribution in [0.4, 0.5) is 10.5 Å². The lowest BCUT2D eigenvalue weighted by Crippen LogP contribution is -2.43. The lowest BCUT2D eigenvalue weighted by molar-refractivity contribution is -0.125. The van der Waals surface area contributed by atoms with Gasteiger partial charge >= 0.3 is 6.03 Å². The number of amides is 5. The van der Waals surface area contributed by atoms with Gasteiger partial charge in [-0.05, 0) is 36.5 Å². The third-order valence-corrected chi connectivity index (χ3v) is 5.49. The molecule has 0 spiro atoms. The molecule has 3 aliphatic heterocycles. The zero-order valence-corrected chi connectivity index (χ0v) is 15.4. The summed E-state index contributed by atoms with van der Waals surface area (Å²) in [6.07, 6.45) is 1.74. The minimum atomic E-state index is -0.438. The molecule has 2 saturated heterocycles. The topological polar surface area (TPSA) is 120 Å². The Morgan fingerprint density at radius 3 is 2.86 bits per heavy atom. The Bertz CT molecular complexity index is 840. The Kier molecular flexibility index (Phi) is 4.89. The minimum absolute atomic E-state index is 0.0764. The highest BCUT2D eigenvalue weighted by molar-refractivity contribution is 5.98. The van der Waals surface area contributed by atoms with E-state index in [4.69, 9.17) is 0 Å². The van der Waals surface area contributed by atoms with E-state index in [-0.39, 0.29) is 29.7 Å². The molecule has 2 fully saturated rings. The summed E-state index contributed by atoms with van der Waals surface area (Å²) in [7, 11) is 0. The van der Waals surface area contributed by atoms with Crippen molar-refractivity contribution in [2.24, 2.45) is 5.92 Å². The lowest BCUT2D eigenvalue weighted by Gasteiger charge is -2.21.